The predicted molar refractivity (Wildman–Crippen MR) is 89.3 cm³/mol. The molecule has 136 valence electrons. The number of aliphatic hydroxyl groups is 2. The second kappa shape index (κ2) is 8.09. The fourth-order valence-electron chi connectivity index (χ4n) is 2.58. The van der Waals surface area contributed by atoms with E-state index in [0.717, 1.165) is 0 Å². The molecular weight excluding hydrogens is 340 g/mol. The second-order valence-electron chi connectivity index (χ2n) is 5.76. The van der Waals surface area contributed by atoms with Gasteiger partial charge in [-0.05, 0) is 24.3 Å². The maximum absolute atomic E-state index is 12.2. The first-order valence-electron chi connectivity index (χ1n) is 8.06. The van der Waals surface area contributed by atoms with Gasteiger partial charge >= 0.3 is 11.9 Å². The molecule has 0 amide bonds. The third kappa shape index (κ3) is 4.08. The average molecular weight is 358 g/mol. The standard InChI is InChI=1S/C19H18O7/c20-15-16(26-18(22)13-9-5-2-6-10-13)14(25-19(15)23)11-24-17(21)12-7-3-1-4-8-12/h1-10,14-16,19-20,23H,11H2/t14?,15?,16?,19-/m0/s1. The zero-order valence-corrected chi connectivity index (χ0v) is 13.7. The van der Waals surface area contributed by atoms with Crippen molar-refractivity contribution in [3.8, 4) is 0 Å². The zero-order valence-electron chi connectivity index (χ0n) is 13.7. The number of aliphatic hydroxyl groups excluding tert-OH is 2. The Morgan fingerprint density at radius 2 is 1.42 bits per heavy atom. The Morgan fingerprint density at radius 3 is 2.00 bits per heavy atom. The molecule has 0 aromatic heterocycles. The number of rotatable bonds is 5. The molecular formula is C19H18O7. The smallest absolute Gasteiger partial charge is 0.338 e. The molecule has 2 N–H and O–H groups in total. The molecule has 1 aliphatic rings. The lowest BCUT2D eigenvalue weighted by atomic mass is 10.1. The number of benzene rings is 2. The summed E-state index contributed by atoms with van der Waals surface area (Å²) in [6.45, 7) is -0.283. The maximum Gasteiger partial charge on any atom is 0.338 e. The first-order chi connectivity index (χ1) is 12.6. The highest BCUT2D eigenvalue weighted by Crippen LogP contribution is 2.24. The van der Waals surface area contributed by atoms with Crippen LogP contribution in [0.5, 0.6) is 0 Å². The molecule has 0 bridgehead atoms. The van der Waals surface area contributed by atoms with E-state index in [9.17, 15) is 19.8 Å². The van der Waals surface area contributed by atoms with Crippen LogP contribution in [-0.2, 0) is 14.2 Å². The SMILES string of the molecule is O=C(OCC1O[C@H](O)C(O)C1OC(=O)c1ccccc1)c1ccccc1. The van der Waals surface area contributed by atoms with E-state index >= 15 is 0 Å². The molecule has 2 aromatic rings. The van der Waals surface area contributed by atoms with E-state index < -0.39 is 36.5 Å². The Balaban J connectivity index is 1.63. The Kier molecular flexibility index (Phi) is 5.62. The summed E-state index contributed by atoms with van der Waals surface area (Å²) in [4.78, 5) is 24.2. The molecule has 0 aliphatic carbocycles. The Bertz CT molecular complexity index is 747. The molecule has 3 unspecified atom stereocenters. The van der Waals surface area contributed by atoms with Crippen LogP contribution in [0.25, 0.3) is 0 Å². The number of hydrogen-bond acceptors (Lipinski definition) is 7. The van der Waals surface area contributed by atoms with Gasteiger partial charge in [-0.3, -0.25) is 0 Å². The number of carbonyl (C=O) groups is 2. The van der Waals surface area contributed by atoms with Crippen molar-refractivity contribution in [1.29, 1.82) is 0 Å². The topological polar surface area (TPSA) is 102 Å². The molecule has 0 saturated carbocycles. The lowest BCUT2D eigenvalue weighted by Gasteiger charge is -2.20. The fourth-order valence-corrected chi connectivity index (χ4v) is 2.58. The van der Waals surface area contributed by atoms with Crippen LogP contribution in [0.4, 0.5) is 0 Å². The van der Waals surface area contributed by atoms with Crippen molar-refractivity contribution >= 4 is 11.9 Å². The van der Waals surface area contributed by atoms with E-state index in [1.807, 2.05) is 0 Å². The molecule has 3 rings (SSSR count). The van der Waals surface area contributed by atoms with Crippen LogP contribution in [0.2, 0.25) is 0 Å². The van der Waals surface area contributed by atoms with E-state index in [0.29, 0.717) is 11.1 Å². The largest absolute Gasteiger partial charge is 0.459 e. The highest BCUT2D eigenvalue weighted by molar-refractivity contribution is 5.90. The van der Waals surface area contributed by atoms with Crippen molar-refractivity contribution in [3.63, 3.8) is 0 Å². The molecule has 1 fully saturated rings. The summed E-state index contributed by atoms with van der Waals surface area (Å²) in [7, 11) is 0. The van der Waals surface area contributed by atoms with Gasteiger partial charge in [0.25, 0.3) is 0 Å². The van der Waals surface area contributed by atoms with Gasteiger partial charge in [-0.2, -0.15) is 0 Å². The van der Waals surface area contributed by atoms with Crippen molar-refractivity contribution in [2.24, 2.45) is 0 Å². The van der Waals surface area contributed by atoms with Crippen LogP contribution in [-0.4, -0.2) is 53.4 Å². The minimum absolute atomic E-state index is 0.283. The minimum atomic E-state index is -1.54. The van der Waals surface area contributed by atoms with Gasteiger partial charge in [-0.15, -0.1) is 0 Å². The van der Waals surface area contributed by atoms with Crippen LogP contribution >= 0.6 is 0 Å². The van der Waals surface area contributed by atoms with Crippen LogP contribution in [0, 0.1) is 0 Å². The van der Waals surface area contributed by atoms with Crippen molar-refractivity contribution in [3.05, 3.63) is 71.8 Å². The highest BCUT2D eigenvalue weighted by Gasteiger charge is 2.46. The summed E-state index contributed by atoms with van der Waals surface area (Å²) in [5, 5.41) is 19.7. The quantitative estimate of drug-likeness (QED) is 0.773. The normalized spacial score (nSPS) is 24.8. The molecule has 26 heavy (non-hydrogen) atoms. The molecule has 1 saturated heterocycles. The van der Waals surface area contributed by atoms with Crippen LogP contribution in [0.15, 0.2) is 60.7 Å². The van der Waals surface area contributed by atoms with Gasteiger partial charge in [0, 0.05) is 0 Å². The number of hydrogen-bond donors (Lipinski definition) is 2. The van der Waals surface area contributed by atoms with E-state index in [4.69, 9.17) is 14.2 Å². The Labute approximate surface area is 149 Å². The van der Waals surface area contributed by atoms with E-state index in [2.05, 4.69) is 0 Å². The van der Waals surface area contributed by atoms with Gasteiger partial charge < -0.3 is 24.4 Å². The van der Waals surface area contributed by atoms with Crippen molar-refractivity contribution in [1.82, 2.24) is 0 Å². The van der Waals surface area contributed by atoms with Crippen LogP contribution < -0.4 is 0 Å². The first-order valence-corrected chi connectivity index (χ1v) is 8.06. The van der Waals surface area contributed by atoms with E-state index in [-0.39, 0.29) is 6.61 Å². The average Bonchev–Trinajstić information content (AvgIpc) is 2.95. The molecule has 0 spiro atoms. The third-order valence-electron chi connectivity index (χ3n) is 3.95. The highest BCUT2D eigenvalue weighted by atomic mass is 16.7. The molecule has 4 atom stereocenters. The Morgan fingerprint density at radius 1 is 0.885 bits per heavy atom. The number of esters is 2. The summed E-state index contributed by atoms with van der Waals surface area (Å²) < 4.78 is 15.6. The van der Waals surface area contributed by atoms with Gasteiger partial charge in [0.15, 0.2) is 12.4 Å². The van der Waals surface area contributed by atoms with Gasteiger partial charge in [0.2, 0.25) is 0 Å². The monoisotopic (exact) mass is 358 g/mol. The minimum Gasteiger partial charge on any atom is -0.459 e. The fraction of sp³-hybridized carbons (Fsp3) is 0.263. The predicted octanol–water partition coefficient (Wildman–Crippen LogP) is 1.15. The molecule has 1 heterocycles. The summed E-state index contributed by atoms with van der Waals surface area (Å²) in [6.07, 6.45) is -5.13. The molecule has 2 aromatic carbocycles. The number of carbonyl (C=O) groups excluding carboxylic acids is 2. The van der Waals surface area contributed by atoms with Gasteiger partial charge in [-0.25, -0.2) is 9.59 Å². The summed E-state index contributed by atoms with van der Waals surface area (Å²) in [5.41, 5.74) is 0.644. The molecule has 7 nitrogen and oxygen atoms in total. The molecule has 1 aliphatic heterocycles. The third-order valence-corrected chi connectivity index (χ3v) is 3.95. The zero-order chi connectivity index (χ0) is 18.5. The lowest BCUT2D eigenvalue weighted by molar-refractivity contribution is -0.133. The van der Waals surface area contributed by atoms with Gasteiger partial charge in [0.05, 0.1) is 11.1 Å². The maximum atomic E-state index is 12.2. The van der Waals surface area contributed by atoms with Crippen molar-refractivity contribution < 1.29 is 34.0 Å². The molecule has 7 heteroatoms. The summed E-state index contributed by atoms with van der Waals surface area (Å²) in [6, 6.07) is 16.6. The Hall–Kier alpha value is -2.74. The summed E-state index contributed by atoms with van der Waals surface area (Å²) in [5.74, 6) is -1.26. The van der Waals surface area contributed by atoms with Gasteiger partial charge in [-0.1, -0.05) is 36.4 Å². The lowest BCUT2D eigenvalue weighted by Crippen LogP contribution is -2.39. The first kappa shape index (κ1) is 18.1. The van der Waals surface area contributed by atoms with Crippen LogP contribution in [0.1, 0.15) is 20.7 Å². The van der Waals surface area contributed by atoms with E-state index in [1.54, 1.807) is 60.7 Å². The van der Waals surface area contributed by atoms with E-state index in [1.165, 1.54) is 0 Å². The van der Waals surface area contributed by atoms with Gasteiger partial charge in [0.1, 0.15) is 18.8 Å². The molecule has 0 radical (unpaired) electrons. The van der Waals surface area contributed by atoms with Crippen molar-refractivity contribution in [2.45, 2.75) is 24.6 Å². The van der Waals surface area contributed by atoms with Crippen molar-refractivity contribution in [2.75, 3.05) is 6.61 Å². The summed E-state index contributed by atoms with van der Waals surface area (Å²) >= 11 is 0. The van der Waals surface area contributed by atoms with Crippen LogP contribution in [0.3, 0.4) is 0 Å². The second-order valence-corrected chi connectivity index (χ2v) is 5.76. The number of ether oxygens (including phenoxy) is 3.